The number of benzene rings is 1. The zero-order valence-corrected chi connectivity index (χ0v) is 12.3. The lowest BCUT2D eigenvalue weighted by atomic mass is 10.1. The monoisotopic (exact) mass is 272 g/mol. The van der Waals surface area contributed by atoms with Crippen molar-refractivity contribution in [2.45, 2.75) is 45.4 Å². The average molecular weight is 272 g/mol. The van der Waals surface area contributed by atoms with Crippen molar-refractivity contribution in [3.05, 3.63) is 36.0 Å². The predicted molar refractivity (Wildman–Crippen MR) is 82.9 cm³/mol. The Hall–Kier alpha value is -1.32. The van der Waals surface area contributed by atoms with Crippen LogP contribution in [-0.4, -0.2) is 23.8 Å². The number of rotatable bonds is 6. The van der Waals surface area contributed by atoms with Gasteiger partial charge in [0.25, 0.3) is 0 Å². The molecule has 1 N–H and O–H groups in total. The van der Waals surface area contributed by atoms with Gasteiger partial charge in [-0.2, -0.15) is 0 Å². The van der Waals surface area contributed by atoms with Crippen molar-refractivity contribution >= 4 is 10.9 Å². The smallest absolute Gasteiger partial charge is 0.0593 e. The molecule has 3 nitrogen and oxygen atoms in total. The first kappa shape index (κ1) is 13.7. The molecule has 2 heterocycles. The highest BCUT2D eigenvalue weighted by atomic mass is 16.5. The van der Waals surface area contributed by atoms with Crippen LogP contribution >= 0.6 is 0 Å². The van der Waals surface area contributed by atoms with Crippen LogP contribution < -0.4 is 5.32 Å². The molecule has 0 bridgehead atoms. The van der Waals surface area contributed by atoms with Gasteiger partial charge in [0.2, 0.25) is 0 Å². The molecule has 1 unspecified atom stereocenters. The van der Waals surface area contributed by atoms with E-state index in [1.807, 2.05) is 0 Å². The van der Waals surface area contributed by atoms with Crippen molar-refractivity contribution in [3.8, 4) is 0 Å². The summed E-state index contributed by atoms with van der Waals surface area (Å²) in [6, 6.07) is 8.81. The van der Waals surface area contributed by atoms with Crippen LogP contribution in [0.1, 0.15) is 31.7 Å². The molecule has 0 spiro atoms. The summed E-state index contributed by atoms with van der Waals surface area (Å²) in [5, 5.41) is 4.77. The number of aromatic nitrogens is 1. The summed E-state index contributed by atoms with van der Waals surface area (Å²) >= 11 is 0. The minimum absolute atomic E-state index is 0.466. The molecule has 108 valence electrons. The van der Waals surface area contributed by atoms with Gasteiger partial charge in [-0.15, -0.1) is 0 Å². The van der Waals surface area contributed by atoms with Gasteiger partial charge in [0.15, 0.2) is 0 Å². The third-order valence-electron chi connectivity index (χ3n) is 4.15. The molecular weight excluding hydrogens is 248 g/mol. The third-order valence-corrected chi connectivity index (χ3v) is 4.15. The summed E-state index contributed by atoms with van der Waals surface area (Å²) < 4.78 is 8.13. The first-order valence-corrected chi connectivity index (χ1v) is 7.77. The maximum absolute atomic E-state index is 5.73. The Bertz CT molecular complexity index is 555. The number of fused-ring (bicyclic) bond motifs is 1. The van der Waals surface area contributed by atoms with Gasteiger partial charge < -0.3 is 14.6 Å². The van der Waals surface area contributed by atoms with Crippen molar-refractivity contribution in [3.63, 3.8) is 0 Å². The Labute approximate surface area is 120 Å². The molecule has 1 saturated heterocycles. The van der Waals surface area contributed by atoms with Crippen LogP contribution in [0.25, 0.3) is 10.9 Å². The molecule has 0 aliphatic carbocycles. The van der Waals surface area contributed by atoms with E-state index in [-0.39, 0.29) is 0 Å². The van der Waals surface area contributed by atoms with E-state index in [1.54, 1.807) is 0 Å². The Kier molecular flexibility index (Phi) is 4.38. The largest absolute Gasteiger partial charge is 0.378 e. The van der Waals surface area contributed by atoms with Crippen LogP contribution in [0.15, 0.2) is 30.5 Å². The van der Waals surface area contributed by atoms with Gasteiger partial charge in [-0.25, -0.2) is 0 Å². The lowest BCUT2D eigenvalue weighted by Gasteiger charge is -2.13. The maximum atomic E-state index is 5.73. The van der Waals surface area contributed by atoms with Crippen LogP contribution in [0.4, 0.5) is 0 Å². The SMILES string of the molecule is CCNCc1cccc2ccn(CCC3CCCO3)c12. The van der Waals surface area contributed by atoms with Crippen LogP contribution in [0, 0.1) is 0 Å². The standard InChI is InChI=1S/C17H24N2O/c1-2-18-13-15-6-3-5-14-8-10-19(17(14)15)11-9-16-7-4-12-20-16/h3,5-6,8,10,16,18H,2,4,7,9,11-13H2,1H3. The molecular formula is C17H24N2O. The van der Waals surface area contributed by atoms with E-state index in [0.717, 1.165) is 32.7 Å². The van der Waals surface area contributed by atoms with Crippen LogP contribution in [0.3, 0.4) is 0 Å². The fourth-order valence-electron chi connectivity index (χ4n) is 3.08. The van der Waals surface area contributed by atoms with Crippen molar-refractivity contribution in [1.82, 2.24) is 9.88 Å². The number of nitrogens with one attached hydrogen (secondary N) is 1. The molecule has 0 radical (unpaired) electrons. The fourth-order valence-corrected chi connectivity index (χ4v) is 3.08. The topological polar surface area (TPSA) is 26.2 Å². The molecule has 3 rings (SSSR count). The van der Waals surface area contributed by atoms with Gasteiger partial charge in [-0.05, 0) is 42.8 Å². The molecule has 2 aromatic rings. The number of aryl methyl sites for hydroxylation is 1. The highest BCUT2D eigenvalue weighted by Crippen LogP contribution is 2.22. The molecule has 1 aliphatic rings. The Morgan fingerprint density at radius 1 is 1.35 bits per heavy atom. The maximum Gasteiger partial charge on any atom is 0.0593 e. The zero-order chi connectivity index (χ0) is 13.8. The summed E-state index contributed by atoms with van der Waals surface area (Å²) in [6.07, 6.45) is 6.26. The Balaban J connectivity index is 1.78. The molecule has 1 aliphatic heterocycles. The molecule has 0 saturated carbocycles. The minimum Gasteiger partial charge on any atom is -0.378 e. The third kappa shape index (κ3) is 2.89. The molecule has 1 aromatic heterocycles. The Morgan fingerprint density at radius 2 is 2.30 bits per heavy atom. The van der Waals surface area contributed by atoms with Crippen LogP contribution in [-0.2, 0) is 17.8 Å². The van der Waals surface area contributed by atoms with Crippen LogP contribution in [0.5, 0.6) is 0 Å². The lowest BCUT2D eigenvalue weighted by Crippen LogP contribution is -2.14. The number of para-hydroxylation sites is 1. The first-order valence-electron chi connectivity index (χ1n) is 7.77. The van der Waals surface area contributed by atoms with E-state index in [0.29, 0.717) is 6.10 Å². The molecule has 1 aromatic carbocycles. The van der Waals surface area contributed by atoms with Gasteiger partial charge >= 0.3 is 0 Å². The van der Waals surface area contributed by atoms with E-state index in [2.05, 4.69) is 47.3 Å². The molecule has 1 atom stereocenters. The summed E-state index contributed by atoms with van der Waals surface area (Å²) in [4.78, 5) is 0. The Morgan fingerprint density at radius 3 is 3.10 bits per heavy atom. The van der Waals surface area contributed by atoms with Gasteiger partial charge in [0, 0.05) is 25.9 Å². The average Bonchev–Trinajstić information content (AvgIpc) is 3.12. The lowest BCUT2D eigenvalue weighted by molar-refractivity contribution is 0.101. The second kappa shape index (κ2) is 6.42. The van der Waals surface area contributed by atoms with Crippen LogP contribution in [0.2, 0.25) is 0 Å². The second-order valence-electron chi connectivity index (χ2n) is 5.57. The summed E-state index contributed by atoms with van der Waals surface area (Å²) in [5.74, 6) is 0. The summed E-state index contributed by atoms with van der Waals surface area (Å²) in [6.45, 7) is 6.10. The predicted octanol–water partition coefficient (Wildman–Crippen LogP) is 3.32. The number of hydrogen-bond donors (Lipinski definition) is 1. The van der Waals surface area contributed by atoms with Crippen molar-refractivity contribution in [2.24, 2.45) is 0 Å². The highest BCUT2D eigenvalue weighted by molar-refractivity contribution is 5.83. The quantitative estimate of drug-likeness (QED) is 0.873. The van der Waals surface area contributed by atoms with Crippen molar-refractivity contribution < 1.29 is 4.74 Å². The number of ether oxygens (including phenoxy) is 1. The van der Waals surface area contributed by atoms with Crippen molar-refractivity contribution in [1.29, 1.82) is 0 Å². The molecule has 0 amide bonds. The van der Waals surface area contributed by atoms with Crippen molar-refractivity contribution in [2.75, 3.05) is 13.2 Å². The van der Waals surface area contributed by atoms with Gasteiger partial charge in [-0.1, -0.05) is 25.1 Å². The fraction of sp³-hybridized carbons (Fsp3) is 0.529. The zero-order valence-electron chi connectivity index (χ0n) is 12.3. The molecule has 1 fully saturated rings. The van der Waals surface area contributed by atoms with E-state index in [9.17, 15) is 0 Å². The van der Waals surface area contributed by atoms with Gasteiger partial charge in [0.05, 0.1) is 11.6 Å². The molecule has 20 heavy (non-hydrogen) atoms. The minimum atomic E-state index is 0.466. The first-order chi connectivity index (χ1) is 9.88. The van der Waals surface area contributed by atoms with E-state index in [1.165, 1.54) is 29.3 Å². The van der Waals surface area contributed by atoms with Gasteiger partial charge in [0.1, 0.15) is 0 Å². The number of nitrogens with zero attached hydrogens (tertiary/aromatic N) is 1. The molecule has 3 heteroatoms. The summed E-state index contributed by atoms with van der Waals surface area (Å²) in [7, 11) is 0. The second-order valence-corrected chi connectivity index (χ2v) is 5.57. The van der Waals surface area contributed by atoms with E-state index < -0.39 is 0 Å². The van der Waals surface area contributed by atoms with E-state index >= 15 is 0 Å². The van der Waals surface area contributed by atoms with E-state index in [4.69, 9.17) is 4.74 Å². The highest BCUT2D eigenvalue weighted by Gasteiger charge is 2.15. The number of hydrogen-bond acceptors (Lipinski definition) is 2. The normalized spacial score (nSPS) is 18.9. The summed E-state index contributed by atoms with van der Waals surface area (Å²) in [5.41, 5.74) is 2.77. The van der Waals surface area contributed by atoms with Gasteiger partial charge in [-0.3, -0.25) is 0 Å².